The van der Waals surface area contributed by atoms with Gasteiger partial charge in [0.25, 0.3) is 0 Å². The summed E-state index contributed by atoms with van der Waals surface area (Å²) in [6.45, 7) is 0. The Morgan fingerprint density at radius 2 is 1.73 bits per heavy atom. The SMILES string of the molecule is O=C1CCCCCCc2ccc(O)cc21. The number of carbonyl (C=O) groups excluding carboxylic acids is 1. The van der Waals surface area contributed by atoms with Crippen molar-refractivity contribution in [3.05, 3.63) is 29.3 Å². The topological polar surface area (TPSA) is 37.3 Å². The average Bonchev–Trinajstić information content (AvgIpc) is 2.31. The van der Waals surface area contributed by atoms with Gasteiger partial charge in [0.15, 0.2) is 5.78 Å². The van der Waals surface area contributed by atoms with Gasteiger partial charge in [0, 0.05) is 12.0 Å². The summed E-state index contributed by atoms with van der Waals surface area (Å²) >= 11 is 0. The van der Waals surface area contributed by atoms with Crippen molar-refractivity contribution < 1.29 is 9.90 Å². The summed E-state index contributed by atoms with van der Waals surface area (Å²) in [4.78, 5) is 11.9. The van der Waals surface area contributed by atoms with Crippen molar-refractivity contribution in [1.29, 1.82) is 0 Å². The fourth-order valence-electron chi connectivity index (χ4n) is 2.13. The number of phenolic OH excluding ortho intramolecular Hbond substituents is 1. The van der Waals surface area contributed by atoms with Crippen molar-refractivity contribution in [2.24, 2.45) is 0 Å². The lowest BCUT2D eigenvalue weighted by Crippen LogP contribution is -2.02. The van der Waals surface area contributed by atoms with Crippen molar-refractivity contribution in [1.82, 2.24) is 0 Å². The lowest BCUT2D eigenvalue weighted by atomic mass is 9.98. The van der Waals surface area contributed by atoms with E-state index >= 15 is 0 Å². The highest BCUT2D eigenvalue weighted by atomic mass is 16.3. The summed E-state index contributed by atoms with van der Waals surface area (Å²) in [6.07, 6.45) is 6.05. The second-order valence-electron chi connectivity index (χ2n) is 4.18. The van der Waals surface area contributed by atoms with Crippen molar-refractivity contribution >= 4 is 5.78 Å². The zero-order chi connectivity index (χ0) is 10.7. The summed E-state index contributed by atoms with van der Waals surface area (Å²) in [5.41, 5.74) is 1.83. The van der Waals surface area contributed by atoms with Crippen LogP contribution in [0.25, 0.3) is 0 Å². The first-order valence-corrected chi connectivity index (χ1v) is 5.62. The monoisotopic (exact) mass is 204 g/mol. The van der Waals surface area contributed by atoms with Crippen LogP contribution < -0.4 is 0 Å². The smallest absolute Gasteiger partial charge is 0.163 e. The first-order chi connectivity index (χ1) is 7.27. The zero-order valence-corrected chi connectivity index (χ0v) is 8.83. The Balaban J connectivity index is 2.36. The Hall–Kier alpha value is -1.31. The second-order valence-corrected chi connectivity index (χ2v) is 4.18. The van der Waals surface area contributed by atoms with Crippen LogP contribution in [-0.4, -0.2) is 10.9 Å². The summed E-state index contributed by atoms with van der Waals surface area (Å²) in [7, 11) is 0. The number of fused-ring (bicyclic) bond motifs is 1. The van der Waals surface area contributed by atoms with Gasteiger partial charge in [0.05, 0.1) is 0 Å². The molecule has 0 unspecified atom stereocenters. The molecule has 0 radical (unpaired) electrons. The minimum absolute atomic E-state index is 0.183. The average molecular weight is 204 g/mol. The number of rotatable bonds is 0. The maximum Gasteiger partial charge on any atom is 0.163 e. The normalized spacial score (nSPS) is 17.5. The van der Waals surface area contributed by atoms with Crippen molar-refractivity contribution in [2.75, 3.05) is 0 Å². The number of hydrogen-bond donors (Lipinski definition) is 1. The van der Waals surface area contributed by atoms with Gasteiger partial charge in [0.2, 0.25) is 0 Å². The summed E-state index contributed by atoms with van der Waals surface area (Å²) in [5, 5.41) is 9.39. The molecule has 0 bridgehead atoms. The van der Waals surface area contributed by atoms with Gasteiger partial charge in [-0.2, -0.15) is 0 Å². The van der Waals surface area contributed by atoms with E-state index in [1.54, 1.807) is 12.1 Å². The lowest BCUT2D eigenvalue weighted by molar-refractivity contribution is 0.0979. The van der Waals surface area contributed by atoms with E-state index in [0.717, 1.165) is 36.8 Å². The van der Waals surface area contributed by atoms with Crippen molar-refractivity contribution in [3.63, 3.8) is 0 Å². The third-order valence-electron chi connectivity index (χ3n) is 2.99. The number of phenols is 1. The molecular formula is C13H16O2. The van der Waals surface area contributed by atoms with Crippen molar-refractivity contribution in [2.45, 2.75) is 38.5 Å². The molecule has 0 saturated carbocycles. The summed E-state index contributed by atoms with van der Waals surface area (Å²) in [6, 6.07) is 5.17. The molecule has 0 aromatic heterocycles. The first-order valence-electron chi connectivity index (χ1n) is 5.62. The predicted octanol–water partition coefficient (Wildman–Crippen LogP) is 3.08. The van der Waals surface area contributed by atoms with E-state index in [1.165, 1.54) is 6.42 Å². The van der Waals surface area contributed by atoms with Gasteiger partial charge >= 0.3 is 0 Å². The van der Waals surface area contributed by atoms with E-state index in [2.05, 4.69) is 0 Å². The van der Waals surface area contributed by atoms with E-state index in [9.17, 15) is 9.90 Å². The van der Waals surface area contributed by atoms with Crippen LogP contribution in [0.1, 0.15) is 48.0 Å². The molecule has 0 spiro atoms. The molecule has 2 heteroatoms. The number of ketones is 1. The highest BCUT2D eigenvalue weighted by molar-refractivity contribution is 5.97. The molecule has 0 saturated heterocycles. The molecule has 80 valence electrons. The zero-order valence-electron chi connectivity index (χ0n) is 8.83. The van der Waals surface area contributed by atoms with Gasteiger partial charge in [-0.1, -0.05) is 18.9 Å². The number of carbonyl (C=O) groups is 1. The Morgan fingerprint density at radius 3 is 2.53 bits per heavy atom. The number of Topliss-reactive ketones (excluding diaryl/α,β-unsaturated/α-hetero) is 1. The van der Waals surface area contributed by atoms with E-state index in [1.807, 2.05) is 6.07 Å². The second kappa shape index (κ2) is 4.47. The fourth-order valence-corrected chi connectivity index (χ4v) is 2.13. The molecule has 0 aliphatic heterocycles. The Labute approximate surface area is 89.9 Å². The Kier molecular flexibility index (Phi) is 3.05. The molecule has 1 aliphatic rings. The molecule has 1 aliphatic carbocycles. The van der Waals surface area contributed by atoms with Crippen molar-refractivity contribution in [3.8, 4) is 5.75 Å². The van der Waals surface area contributed by atoms with Gasteiger partial charge in [-0.05, 0) is 37.0 Å². The van der Waals surface area contributed by atoms with Gasteiger partial charge < -0.3 is 5.11 Å². The number of hydrogen-bond acceptors (Lipinski definition) is 2. The molecule has 1 aromatic carbocycles. The van der Waals surface area contributed by atoms with Crippen LogP contribution in [0.4, 0.5) is 0 Å². The van der Waals surface area contributed by atoms with E-state index in [0.29, 0.717) is 6.42 Å². The molecule has 1 aromatic rings. The fraction of sp³-hybridized carbons (Fsp3) is 0.462. The third-order valence-corrected chi connectivity index (χ3v) is 2.99. The maximum atomic E-state index is 11.9. The number of aromatic hydroxyl groups is 1. The van der Waals surface area contributed by atoms with Gasteiger partial charge in [-0.25, -0.2) is 0 Å². The van der Waals surface area contributed by atoms with Crippen LogP contribution in [0.15, 0.2) is 18.2 Å². The van der Waals surface area contributed by atoms with Crippen LogP contribution in [0, 0.1) is 0 Å². The summed E-state index contributed by atoms with van der Waals surface area (Å²) in [5.74, 6) is 0.379. The van der Waals surface area contributed by atoms with Crippen LogP contribution in [0.3, 0.4) is 0 Å². The largest absolute Gasteiger partial charge is 0.508 e. The molecule has 2 nitrogen and oxygen atoms in total. The maximum absolute atomic E-state index is 11.9. The van der Waals surface area contributed by atoms with E-state index in [4.69, 9.17) is 0 Å². The van der Waals surface area contributed by atoms with Gasteiger partial charge in [-0.15, -0.1) is 0 Å². The third kappa shape index (κ3) is 2.38. The molecule has 2 rings (SSSR count). The van der Waals surface area contributed by atoms with Crippen LogP contribution in [-0.2, 0) is 6.42 Å². The van der Waals surface area contributed by atoms with Crippen LogP contribution in [0.5, 0.6) is 5.75 Å². The van der Waals surface area contributed by atoms with Gasteiger partial charge in [-0.3, -0.25) is 4.79 Å². The minimum atomic E-state index is 0.183. The summed E-state index contributed by atoms with van der Waals surface area (Å²) < 4.78 is 0. The Morgan fingerprint density at radius 1 is 1.00 bits per heavy atom. The Bertz CT molecular complexity index is 369. The molecule has 1 N–H and O–H groups in total. The molecule has 0 atom stereocenters. The highest BCUT2D eigenvalue weighted by Crippen LogP contribution is 2.23. The molecule has 0 heterocycles. The minimum Gasteiger partial charge on any atom is -0.508 e. The quantitative estimate of drug-likeness (QED) is 0.705. The molecule has 0 amide bonds. The molecular weight excluding hydrogens is 188 g/mol. The molecule has 15 heavy (non-hydrogen) atoms. The number of benzene rings is 1. The number of aryl methyl sites for hydroxylation is 1. The van der Waals surface area contributed by atoms with Crippen LogP contribution >= 0.6 is 0 Å². The van der Waals surface area contributed by atoms with Gasteiger partial charge in [0.1, 0.15) is 5.75 Å². The first kappa shape index (κ1) is 10.2. The predicted molar refractivity (Wildman–Crippen MR) is 59.2 cm³/mol. The van der Waals surface area contributed by atoms with E-state index < -0.39 is 0 Å². The highest BCUT2D eigenvalue weighted by Gasteiger charge is 2.13. The van der Waals surface area contributed by atoms with E-state index in [-0.39, 0.29) is 11.5 Å². The molecule has 0 fully saturated rings. The lowest BCUT2D eigenvalue weighted by Gasteiger charge is -2.06. The van der Waals surface area contributed by atoms with Crippen LogP contribution in [0.2, 0.25) is 0 Å². The standard InChI is InChI=1S/C13H16O2/c14-11-8-7-10-5-3-1-2-4-6-13(15)12(10)9-11/h7-9,14H,1-6H2.